The third-order valence-electron chi connectivity index (χ3n) is 2.52. The van der Waals surface area contributed by atoms with Crippen LogP contribution in [0, 0.1) is 0 Å². The van der Waals surface area contributed by atoms with E-state index in [4.69, 9.17) is 0 Å². The Morgan fingerprint density at radius 1 is 1.00 bits per heavy atom. The van der Waals surface area contributed by atoms with E-state index in [0.29, 0.717) is 12.8 Å². The van der Waals surface area contributed by atoms with Gasteiger partial charge < -0.3 is 0 Å². The second kappa shape index (κ2) is 4.67. The van der Waals surface area contributed by atoms with Crippen molar-refractivity contribution >= 4 is 15.6 Å². The number of hydrogen-bond acceptors (Lipinski definition) is 3. The molecule has 0 amide bonds. The molecule has 1 aromatic rings. The fraction of sp³-hybridized carbons (Fsp3) is 0.154. The van der Waals surface area contributed by atoms with Gasteiger partial charge in [-0.3, -0.25) is 4.79 Å². The Hall–Kier alpha value is -1.68. The van der Waals surface area contributed by atoms with Crippen molar-refractivity contribution in [2.45, 2.75) is 17.7 Å². The molecule has 0 bridgehead atoms. The highest BCUT2D eigenvalue weighted by atomic mass is 32.2. The van der Waals surface area contributed by atoms with Gasteiger partial charge in [0, 0.05) is 0 Å². The zero-order valence-electron chi connectivity index (χ0n) is 9.17. The summed E-state index contributed by atoms with van der Waals surface area (Å²) in [6, 6.07) is 8.02. The summed E-state index contributed by atoms with van der Waals surface area (Å²) in [4.78, 5) is 11.7. The maximum atomic E-state index is 12.2. The molecule has 1 aliphatic rings. The zero-order chi connectivity index (χ0) is 12.3. The zero-order valence-corrected chi connectivity index (χ0v) is 9.98. The van der Waals surface area contributed by atoms with Gasteiger partial charge in [-0.05, 0) is 31.1 Å². The van der Waals surface area contributed by atoms with Gasteiger partial charge in [-0.15, -0.1) is 0 Å². The number of benzene rings is 1. The highest BCUT2D eigenvalue weighted by Gasteiger charge is 2.25. The molecule has 0 radical (unpaired) electrons. The van der Waals surface area contributed by atoms with Crippen LogP contribution in [-0.2, 0) is 14.6 Å². The average molecular weight is 248 g/mol. The summed E-state index contributed by atoms with van der Waals surface area (Å²) < 4.78 is 24.5. The van der Waals surface area contributed by atoms with Crippen molar-refractivity contribution < 1.29 is 13.2 Å². The lowest BCUT2D eigenvalue weighted by Crippen LogP contribution is -2.11. The second-order valence-electron chi connectivity index (χ2n) is 3.73. The Labute approximate surface area is 100 Å². The second-order valence-corrected chi connectivity index (χ2v) is 5.65. The first-order chi connectivity index (χ1) is 8.12. The number of ketones is 1. The summed E-state index contributed by atoms with van der Waals surface area (Å²) in [6.07, 6.45) is 5.81. The molecule has 0 heterocycles. The molecule has 0 spiro atoms. The van der Waals surface area contributed by atoms with Crippen molar-refractivity contribution in [3.05, 3.63) is 53.5 Å². The molecule has 2 rings (SSSR count). The Bertz CT molecular complexity index is 580. The molecule has 0 saturated carbocycles. The molecule has 0 unspecified atom stereocenters. The van der Waals surface area contributed by atoms with Crippen LogP contribution in [0.1, 0.15) is 12.8 Å². The number of sulfone groups is 1. The quantitative estimate of drug-likeness (QED) is 0.806. The molecule has 0 atom stereocenters. The minimum Gasteiger partial charge on any atom is -0.289 e. The third-order valence-corrected chi connectivity index (χ3v) is 4.36. The van der Waals surface area contributed by atoms with E-state index < -0.39 is 15.6 Å². The standard InChI is InChI=1S/C13H12O3S/c14-12-9-5-2-6-10-13(12)17(15,16)11-7-3-1-4-8-11/h1,3-5,7-10H,2,6H2. The average Bonchev–Trinajstić information content (AvgIpc) is 2.55. The summed E-state index contributed by atoms with van der Waals surface area (Å²) >= 11 is 0. The third kappa shape index (κ3) is 2.36. The molecule has 0 aromatic heterocycles. The van der Waals surface area contributed by atoms with E-state index in [1.54, 1.807) is 24.3 Å². The Morgan fingerprint density at radius 3 is 2.41 bits per heavy atom. The number of rotatable bonds is 2. The fourth-order valence-corrected chi connectivity index (χ4v) is 3.09. The molecule has 3 nitrogen and oxygen atoms in total. The van der Waals surface area contributed by atoms with Crippen LogP contribution in [0.15, 0.2) is 58.4 Å². The van der Waals surface area contributed by atoms with Gasteiger partial charge in [-0.1, -0.05) is 30.4 Å². The van der Waals surface area contributed by atoms with Gasteiger partial charge in [0.05, 0.1) is 4.90 Å². The van der Waals surface area contributed by atoms with Crippen molar-refractivity contribution in [2.75, 3.05) is 0 Å². The van der Waals surface area contributed by atoms with Gasteiger partial charge in [0.1, 0.15) is 4.91 Å². The van der Waals surface area contributed by atoms with E-state index in [-0.39, 0.29) is 9.80 Å². The summed E-state index contributed by atoms with van der Waals surface area (Å²) in [5, 5.41) is 0. The molecule has 0 saturated heterocycles. The lowest BCUT2D eigenvalue weighted by Gasteiger charge is -2.05. The van der Waals surface area contributed by atoms with Gasteiger partial charge in [0.2, 0.25) is 9.84 Å². The molecule has 0 N–H and O–H groups in total. The van der Waals surface area contributed by atoms with Crippen LogP contribution < -0.4 is 0 Å². The predicted octanol–water partition coefficient (Wildman–Crippen LogP) is 2.26. The normalized spacial score (nSPS) is 16.5. The minimum absolute atomic E-state index is 0.113. The maximum absolute atomic E-state index is 12.2. The molecule has 1 aromatic carbocycles. The van der Waals surface area contributed by atoms with Crippen molar-refractivity contribution in [3.8, 4) is 0 Å². The van der Waals surface area contributed by atoms with Gasteiger partial charge in [0.15, 0.2) is 5.78 Å². The van der Waals surface area contributed by atoms with E-state index in [9.17, 15) is 13.2 Å². The lowest BCUT2D eigenvalue weighted by molar-refractivity contribution is -0.110. The van der Waals surface area contributed by atoms with Crippen LogP contribution in [0.3, 0.4) is 0 Å². The Kier molecular flexibility index (Phi) is 3.24. The van der Waals surface area contributed by atoms with Crippen molar-refractivity contribution in [2.24, 2.45) is 0 Å². The Balaban J connectivity index is 2.50. The highest BCUT2D eigenvalue weighted by molar-refractivity contribution is 7.96. The summed E-state index contributed by atoms with van der Waals surface area (Å²) in [5.74, 6) is -0.439. The number of hydrogen-bond donors (Lipinski definition) is 0. The number of allylic oxidation sites excluding steroid dienone is 4. The van der Waals surface area contributed by atoms with Gasteiger partial charge in [-0.2, -0.15) is 0 Å². The van der Waals surface area contributed by atoms with E-state index >= 15 is 0 Å². The van der Waals surface area contributed by atoms with Gasteiger partial charge in [-0.25, -0.2) is 8.42 Å². The first-order valence-corrected chi connectivity index (χ1v) is 6.82. The SMILES string of the molecule is O=C1C=CCCC=C1S(=O)(=O)c1ccccc1. The van der Waals surface area contributed by atoms with E-state index in [1.807, 2.05) is 0 Å². The molecular weight excluding hydrogens is 236 g/mol. The van der Waals surface area contributed by atoms with Crippen LogP contribution in [0.25, 0.3) is 0 Å². The largest absolute Gasteiger partial charge is 0.289 e. The van der Waals surface area contributed by atoms with Crippen molar-refractivity contribution in [1.82, 2.24) is 0 Å². The van der Waals surface area contributed by atoms with E-state index in [1.165, 1.54) is 24.3 Å². The van der Waals surface area contributed by atoms with Crippen LogP contribution >= 0.6 is 0 Å². The first-order valence-electron chi connectivity index (χ1n) is 5.33. The Morgan fingerprint density at radius 2 is 1.71 bits per heavy atom. The minimum atomic E-state index is -3.67. The molecule has 0 aliphatic heterocycles. The summed E-state index contributed by atoms with van der Waals surface area (Å²) in [7, 11) is -3.67. The number of carbonyl (C=O) groups is 1. The van der Waals surface area contributed by atoms with E-state index in [2.05, 4.69) is 0 Å². The molecule has 88 valence electrons. The molecule has 1 aliphatic carbocycles. The first kappa shape index (κ1) is 11.8. The van der Waals surface area contributed by atoms with Crippen LogP contribution in [0.5, 0.6) is 0 Å². The van der Waals surface area contributed by atoms with E-state index in [0.717, 1.165) is 0 Å². The van der Waals surface area contributed by atoms with Crippen molar-refractivity contribution in [3.63, 3.8) is 0 Å². The highest BCUT2D eigenvalue weighted by Crippen LogP contribution is 2.22. The smallest absolute Gasteiger partial charge is 0.210 e. The molecule has 0 fully saturated rings. The van der Waals surface area contributed by atoms with Crippen molar-refractivity contribution in [1.29, 1.82) is 0 Å². The van der Waals surface area contributed by atoms with Gasteiger partial charge >= 0.3 is 0 Å². The fourth-order valence-electron chi connectivity index (χ4n) is 1.65. The molecule has 17 heavy (non-hydrogen) atoms. The topological polar surface area (TPSA) is 51.2 Å². The maximum Gasteiger partial charge on any atom is 0.210 e. The van der Waals surface area contributed by atoms with Crippen LogP contribution in [-0.4, -0.2) is 14.2 Å². The monoisotopic (exact) mass is 248 g/mol. The lowest BCUT2D eigenvalue weighted by atomic mass is 10.3. The summed E-state index contributed by atoms with van der Waals surface area (Å²) in [6.45, 7) is 0. The van der Waals surface area contributed by atoms with Crippen LogP contribution in [0.2, 0.25) is 0 Å². The summed E-state index contributed by atoms with van der Waals surface area (Å²) in [5.41, 5.74) is 0. The van der Waals surface area contributed by atoms with Gasteiger partial charge in [0.25, 0.3) is 0 Å². The predicted molar refractivity (Wildman–Crippen MR) is 65.1 cm³/mol. The van der Waals surface area contributed by atoms with Crippen LogP contribution in [0.4, 0.5) is 0 Å². The molecule has 4 heteroatoms. The molecular formula is C13H12O3S. The number of carbonyl (C=O) groups excluding carboxylic acids is 1.